The van der Waals surface area contributed by atoms with Crippen molar-refractivity contribution in [1.29, 1.82) is 0 Å². The zero-order valence-corrected chi connectivity index (χ0v) is 20.1. The summed E-state index contributed by atoms with van der Waals surface area (Å²) in [6.07, 6.45) is 4.14. The Bertz CT molecular complexity index is 1340. The topological polar surface area (TPSA) is 102 Å². The third-order valence-corrected chi connectivity index (χ3v) is 6.05. The molecule has 0 aliphatic heterocycles. The van der Waals surface area contributed by atoms with E-state index in [0.29, 0.717) is 18.0 Å². The minimum absolute atomic E-state index is 0.0441. The number of carbonyl (C=O) groups is 2. The smallest absolute Gasteiger partial charge is 0.255 e. The second kappa shape index (κ2) is 11.0. The fourth-order valence-electron chi connectivity index (χ4n) is 2.95. The lowest BCUT2D eigenvalue weighted by atomic mass is 10.2. The molecule has 0 saturated carbocycles. The van der Waals surface area contributed by atoms with Gasteiger partial charge < -0.3 is 15.4 Å². The Kier molecular flexibility index (Phi) is 8.09. The summed E-state index contributed by atoms with van der Waals surface area (Å²) in [4.78, 5) is 24.8. The molecule has 2 amide bonds. The molecule has 0 saturated heterocycles. The molecule has 0 unspecified atom stereocenters. The van der Waals surface area contributed by atoms with E-state index in [9.17, 15) is 18.0 Å². The quantitative estimate of drug-likeness (QED) is 0.423. The summed E-state index contributed by atoms with van der Waals surface area (Å²) in [5.74, 6) is -0.101. The molecule has 0 spiro atoms. The van der Waals surface area contributed by atoms with Crippen molar-refractivity contribution >= 4 is 50.7 Å². The monoisotopic (exact) mass is 498 g/mol. The molecule has 0 aliphatic carbocycles. The van der Waals surface area contributed by atoms with Gasteiger partial charge in [0.05, 0.1) is 22.2 Å². The number of halogens is 1. The van der Waals surface area contributed by atoms with Gasteiger partial charge >= 0.3 is 0 Å². The van der Waals surface area contributed by atoms with Crippen LogP contribution in [0.2, 0.25) is 5.02 Å². The SMILES string of the molecule is CCOc1ccc(/C=C/C(=O)Nc2ccc(NC(=O)c3cccc(S(C)(=O)=O)c3)c(Cl)c2)cc1. The van der Waals surface area contributed by atoms with Gasteiger partial charge in [0.2, 0.25) is 5.91 Å². The fourth-order valence-corrected chi connectivity index (χ4v) is 3.85. The van der Waals surface area contributed by atoms with Crippen LogP contribution in [0.1, 0.15) is 22.8 Å². The summed E-state index contributed by atoms with van der Waals surface area (Å²) in [7, 11) is -3.44. The summed E-state index contributed by atoms with van der Waals surface area (Å²) >= 11 is 6.27. The Balaban J connectivity index is 1.63. The number of rotatable bonds is 8. The van der Waals surface area contributed by atoms with E-state index in [1.807, 2.05) is 31.2 Å². The van der Waals surface area contributed by atoms with E-state index in [2.05, 4.69) is 10.6 Å². The molecule has 0 radical (unpaired) electrons. The van der Waals surface area contributed by atoms with Gasteiger partial charge in [0.1, 0.15) is 5.75 Å². The van der Waals surface area contributed by atoms with E-state index in [0.717, 1.165) is 17.6 Å². The van der Waals surface area contributed by atoms with Gasteiger partial charge in [0, 0.05) is 23.6 Å². The van der Waals surface area contributed by atoms with Gasteiger partial charge in [-0.05, 0) is 67.1 Å². The first-order chi connectivity index (χ1) is 16.2. The number of carbonyl (C=O) groups excluding carboxylic acids is 2. The predicted molar refractivity (Wildman–Crippen MR) is 134 cm³/mol. The number of amides is 2. The van der Waals surface area contributed by atoms with Crippen molar-refractivity contribution in [2.24, 2.45) is 0 Å². The Morgan fingerprint density at radius 1 is 1.00 bits per heavy atom. The van der Waals surface area contributed by atoms with Crippen molar-refractivity contribution in [3.05, 3.63) is 89.0 Å². The lowest BCUT2D eigenvalue weighted by Gasteiger charge is -2.10. The zero-order valence-electron chi connectivity index (χ0n) is 18.5. The summed E-state index contributed by atoms with van der Waals surface area (Å²) in [5.41, 5.74) is 1.79. The lowest BCUT2D eigenvalue weighted by molar-refractivity contribution is -0.111. The zero-order chi connectivity index (χ0) is 24.7. The highest BCUT2D eigenvalue weighted by Gasteiger charge is 2.13. The van der Waals surface area contributed by atoms with Gasteiger partial charge in [-0.25, -0.2) is 8.42 Å². The van der Waals surface area contributed by atoms with Crippen molar-refractivity contribution in [2.75, 3.05) is 23.5 Å². The number of nitrogens with one attached hydrogen (secondary N) is 2. The first-order valence-corrected chi connectivity index (χ1v) is 12.6. The maximum absolute atomic E-state index is 12.5. The molecular weight excluding hydrogens is 476 g/mol. The van der Waals surface area contributed by atoms with Crippen LogP contribution < -0.4 is 15.4 Å². The van der Waals surface area contributed by atoms with Crippen LogP contribution in [-0.2, 0) is 14.6 Å². The number of anilines is 2. The van der Waals surface area contributed by atoms with Crippen LogP contribution in [0, 0.1) is 0 Å². The van der Waals surface area contributed by atoms with Crippen molar-refractivity contribution in [3.63, 3.8) is 0 Å². The Morgan fingerprint density at radius 3 is 2.38 bits per heavy atom. The van der Waals surface area contributed by atoms with Gasteiger partial charge in [-0.2, -0.15) is 0 Å². The van der Waals surface area contributed by atoms with Crippen LogP contribution >= 0.6 is 11.6 Å². The third-order valence-electron chi connectivity index (χ3n) is 4.63. The van der Waals surface area contributed by atoms with Crippen LogP contribution in [0.25, 0.3) is 6.08 Å². The van der Waals surface area contributed by atoms with Gasteiger partial charge in [0.25, 0.3) is 5.91 Å². The summed E-state index contributed by atoms with van der Waals surface area (Å²) in [5, 5.41) is 5.56. The highest BCUT2D eigenvalue weighted by molar-refractivity contribution is 7.90. The van der Waals surface area contributed by atoms with Crippen molar-refractivity contribution in [1.82, 2.24) is 0 Å². The summed E-state index contributed by atoms with van der Waals surface area (Å²) in [6.45, 7) is 2.49. The highest BCUT2D eigenvalue weighted by Crippen LogP contribution is 2.26. The average molecular weight is 499 g/mol. The molecule has 3 aromatic rings. The highest BCUT2D eigenvalue weighted by atomic mass is 35.5. The summed E-state index contributed by atoms with van der Waals surface area (Å²) in [6, 6.07) is 17.7. The number of sulfone groups is 1. The number of benzene rings is 3. The molecule has 0 aromatic heterocycles. The lowest BCUT2D eigenvalue weighted by Crippen LogP contribution is -2.13. The number of ether oxygens (including phenoxy) is 1. The molecule has 176 valence electrons. The molecule has 34 heavy (non-hydrogen) atoms. The van der Waals surface area contributed by atoms with E-state index in [1.54, 1.807) is 18.2 Å². The van der Waals surface area contributed by atoms with Crippen LogP contribution in [0.5, 0.6) is 5.75 Å². The van der Waals surface area contributed by atoms with Crippen LogP contribution in [0.15, 0.2) is 77.7 Å². The maximum atomic E-state index is 12.5. The van der Waals surface area contributed by atoms with E-state index in [-0.39, 0.29) is 21.4 Å². The molecule has 0 aliphatic rings. The fraction of sp³-hybridized carbons (Fsp3) is 0.120. The van der Waals surface area contributed by atoms with Gasteiger partial charge in [-0.1, -0.05) is 29.8 Å². The molecule has 0 heterocycles. The average Bonchev–Trinajstić information content (AvgIpc) is 2.80. The third kappa shape index (κ3) is 6.94. The minimum atomic E-state index is -3.44. The first-order valence-electron chi connectivity index (χ1n) is 10.3. The number of hydrogen-bond donors (Lipinski definition) is 2. The van der Waals surface area contributed by atoms with E-state index in [4.69, 9.17) is 16.3 Å². The van der Waals surface area contributed by atoms with Crippen LogP contribution in [-0.4, -0.2) is 33.1 Å². The van der Waals surface area contributed by atoms with E-state index >= 15 is 0 Å². The molecular formula is C25H23ClN2O5S. The maximum Gasteiger partial charge on any atom is 0.255 e. The molecule has 0 fully saturated rings. The molecule has 2 N–H and O–H groups in total. The van der Waals surface area contributed by atoms with Gasteiger partial charge in [-0.15, -0.1) is 0 Å². The van der Waals surface area contributed by atoms with E-state index < -0.39 is 15.7 Å². The Hall–Kier alpha value is -3.62. The van der Waals surface area contributed by atoms with Crippen molar-refractivity contribution in [3.8, 4) is 5.75 Å². The molecule has 0 bridgehead atoms. The van der Waals surface area contributed by atoms with Gasteiger partial charge in [-0.3, -0.25) is 9.59 Å². The van der Waals surface area contributed by atoms with Crippen molar-refractivity contribution < 1.29 is 22.7 Å². The molecule has 9 heteroatoms. The molecule has 3 aromatic carbocycles. The largest absolute Gasteiger partial charge is 0.494 e. The first kappa shape index (κ1) is 25.0. The Morgan fingerprint density at radius 2 is 1.74 bits per heavy atom. The second-order valence-electron chi connectivity index (χ2n) is 7.27. The molecule has 3 rings (SSSR count). The number of hydrogen-bond acceptors (Lipinski definition) is 5. The molecule has 7 nitrogen and oxygen atoms in total. The van der Waals surface area contributed by atoms with Crippen LogP contribution in [0.3, 0.4) is 0 Å². The van der Waals surface area contributed by atoms with Gasteiger partial charge in [0.15, 0.2) is 9.84 Å². The Labute approximate surface area is 203 Å². The van der Waals surface area contributed by atoms with E-state index in [1.165, 1.54) is 36.4 Å². The second-order valence-corrected chi connectivity index (χ2v) is 9.70. The normalized spacial score (nSPS) is 11.3. The minimum Gasteiger partial charge on any atom is -0.494 e. The van der Waals surface area contributed by atoms with Crippen LogP contribution in [0.4, 0.5) is 11.4 Å². The predicted octanol–water partition coefficient (Wildman–Crippen LogP) is 5.05. The van der Waals surface area contributed by atoms with Crippen molar-refractivity contribution in [2.45, 2.75) is 11.8 Å². The standard InChI is InChI=1S/C25H23ClN2O5S/c1-3-33-20-11-7-17(8-12-20)9-14-24(29)27-19-10-13-23(22(26)16-19)28-25(30)18-5-4-6-21(15-18)34(2,31)32/h4-16H,3H2,1-2H3,(H,27,29)(H,28,30)/b14-9+. The summed E-state index contributed by atoms with van der Waals surface area (Å²) < 4.78 is 28.8. The molecule has 0 atom stereocenters.